The molecular weight excluding hydrogens is 378 g/mol. The summed E-state index contributed by atoms with van der Waals surface area (Å²) in [6.07, 6.45) is 12.8. The molecule has 2 amide bonds. The van der Waals surface area contributed by atoms with Gasteiger partial charge in [0.25, 0.3) is 0 Å². The summed E-state index contributed by atoms with van der Waals surface area (Å²) in [5.41, 5.74) is 0. The van der Waals surface area contributed by atoms with Crippen LogP contribution in [0.2, 0.25) is 0 Å². The third kappa shape index (κ3) is 3.76. The van der Waals surface area contributed by atoms with Crippen molar-refractivity contribution in [2.75, 3.05) is 19.6 Å². The van der Waals surface area contributed by atoms with Crippen molar-refractivity contribution in [3.63, 3.8) is 0 Å². The molecule has 1 aliphatic carbocycles. The second-order valence-corrected chi connectivity index (χ2v) is 9.73. The Morgan fingerprint density at radius 1 is 0.767 bits per heavy atom. The zero-order chi connectivity index (χ0) is 20.5. The van der Waals surface area contributed by atoms with Gasteiger partial charge < -0.3 is 14.4 Å². The highest BCUT2D eigenvalue weighted by Crippen LogP contribution is 2.32. The Kier molecular flexibility index (Phi) is 5.79. The molecule has 7 heteroatoms. The summed E-state index contributed by atoms with van der Waals surface area (Å²) in [7, 11) is 0. The van der Waals surface area contributed by atoms with E-state index in [-0.39, 0.29) is 29.7 Å². The van der Waals surface area contributed by atoms with E-state index >= 15 is 0 Å². The van der Waals surface area contributed by atoms with Gasteiger partial charge in [-0.15, -0.1) is 10.2 Å². The molecule has 4 aliphatic rings. The standard InChI is InChI=1S/C23H35N5O2/c29-22(17-8-3-4-9-17)27-15-7-11-19(27)23(30)26-13-6-10-18(16-26)21-25-24-20-12-2-1-5-14-28(20)21/h17-19H,1-16H2. The number of aromatic nitrogens is 3. The summed E-state index contributed by atoms with van der Waals surface area (Å²) in [6, 6.07) is -0.243. The monoisotopic (exact) mass is 413 g/mol. The first-order chi connectivity index (χ1) is 14.7. The van der Waals surface area contributed by atoms with Gasteiger partial charge in [0.1, 0.15) is 17.7 Å². The first-order valence-electron chi connectivity index (χ1n) is 12.2. The molecular formula is C23H35N5O2. The molecule has 2 saturated heterocycles. The van der Waals surface area contributed by atoms with E-state index in [0.717, 1.165) is 95.6 Å². The molecule has 1 aromatic heterocycles. The van der Waals surface area contributed by atoms with E-state index in [1.165, 1.54) is 19.3 Å². The zero-order valence-electron chi connectivity index (χ0n) is 18.1. The third-order valence-corrected chi connectivity index (χ3v) is 7.76. The lowest BCUT2D eigenvalue weighted by molar-refractivity contribution is -0.146. The summed E-state index contributed by atoms with van der Waals surface area (Å²) in [5, 5.41) is 9.04. The van der Waals surface area contributed by atoms with Crippen LogP contribution in [0.3, 0.4) is 0 Å². The quantitative estimate of drug-likeness (QED) is 0.764. The predicted octanol–water partition coefficient (Wildman–Crippen LogP) is 2.89. The molecule has 1 saturated carbocycles. The van der Waals surface area contributed by atoms with E-state index < -0.39 is 0 Å². The van der Waals surface area contributed by atoms with E-state index in [1.807, 2.05) is 9.80 Å². The average molecular weight is 414 g/mol. The third-order valence-electron chi connectivity index (χ3n) is 7.76. The minimum absolute atomic E-state index is 0.152. The minimum Gasteiger partial charge on any atom is -0.340 e. The van der Waals surface area contributed by atoms with Crippen molar-refractivity contribution in [1.82, 2.24) is 24.6 Å². The minimum atomic E-state index is -0.243. The maximum absolute atomic E-state index is 13.5. The van der Waals surface area contributed by atoms with Crippen LogP contribution in [0.15, 0.2) is 0 Å². The van der Waals surface area contributed by atoms with Crippen LogP contribution in [0.25, 0.3) is 0 Å². The smallest absolute Gasteiger partial charge is 0.245 e. The number of amides is 2. The van der Waals surface area contributed by atoms with E-state index in [1.54, 1.807) is 0 Å². The molecule has 7 nitrogen and oxygen atoms in total. The van der Waals surface area contributed by atoms with Crippen LogP contribution in [-0.4, -0.2) is 62.1 Å². The Morgan fingerprint density at radius 2 is 1.60 bits per heavy atom. The number of carbonyl (C=O) groups is 2. The van der Waals surface area contributed by atoms with E-state index in [4.69, 9.17) is 0 Å². The van der Waals surface area contributed by atoms with E-state index in [0.29, 0.717) is 0 Å². The van der Waals surface area contributed by atoms with E-state index in [9.17, 15) is 9.59 Å². The first-order valence-corrected chi connectivity index (χ1v) is 12.2. The number of fused-ring (bicyclic) bond motifs is 1. The molecule has 2 unspecified atom stereocenters. The van der Waals surface area contributed by atoms with Crippen molar-refractivity contribution in [2.24, 2.45) is 5.92 Å². The van der Waals surface area contributed by atoms with Crippen LogP contribution in [0.1, 0.15) is 88.2 Å². The number of rotatable bonds is 3. The molecule has 0 N–H and O–H groups in total. The molecule has 3 fully saturated rings. The molecule has 4 heterocycles. The van der Waals surface area contributed by atoms with Crippen LogP contribution in [0, 0.1) is 5.92 Å². The molecule has 3 aliphatic heterocycles. The summed E-state index contributed by atoms with van der Waals surface area (Å²) in [4.78, 5) is 30.4. The number of hydrogen-bond acceptors (Lipinski definition) is 4. The SMILES string of the molecule is O=C(C1CCCN1C(=O)C1CCCC1)N1CCCC(c2nnc3n2CCCCC3)C1. The Balaban J connectivity index is 1.28. The highest BCUT2D eigenvalue weighted by molar-refractivity contribution is 5.89. The van der Waals surface area contributed by atoms with Crippen molar-refractivity contribution in [3.8, 4) is 0 Å². The molecule has 1 aromatic rings. The Morgan fingerprint density at radius 3 is 2.47 bits per heavy atom. The van der Waals surface area contributed by atoms with Gasteiger partial charge in [0.05, 0.1) is 0 Å². The van der Waals surface area contributed by atoms with Gasteiger partial charge in [0, 0.05) is 44.4 Å². The van der Waals surface area contributed by atoms with Gasteiger partial charge >= 0.3 is 0 Å². The van der Waals surface area contributed by atoms with Crippen molar-refractivity contribution in [3.05, 3.63) is 11.6 Å². The molecule has 30 heavy (non-hydrogen) atoms. The lowest BCUT2D eigenvalue weighted by Gasteiger charge is -2.36. The maximum atomic E-state index is 13.5. The molecule has 5 rings (SSSR count). The van der Waals surface area contributed by atoms with Crippen LogP contribution >= 0.6 is 0 Å². The highest BCUT2D eigenvalue weighted by atomic mass is 16.2. The topological polar surface area (TPSA) is 71.3 Å². The fourth-order valence-corrected chi connectivity index (χ4v) is 6.10. The van der Waals surface area contributed by atoms with Gasteiger partial charge in [-0.3, -0.25) is 9.59 Å². The van der Waals surface area contributed by atoms with Crippen molar-refractivity contribution < 1.29 is 9.59 Å². The van der Waals surface area contributed by atoms with Gasteiger partial charge in [0.2, 0.25) is 11.8 Å². The number of aryl methyl sites for hydroxylation is 1. The maximum Gasteiger partial charge on any atom is 0.245 e. The van der Waals surface area contributed by atoms with Crippen LogP contribution in [0.4, 0.5) is 0 Å². The number of carbonyl (C=O) groups excluding carboxylic acids is 2. The fraction of sp³-hybridized carbons (Fsp3) is 0.826. The van der Waals surface area contributed by atoms with Crippen molar-refractivity contribution in [1.29, 1.82) is 0 Å². The summed E-state index contributed by atoms with van der Waals surface area (Å²) < 4.78 is 2.33. The largest absolute Gasteiger partial charge is 0.340 e. The molecule has 0 bridgehead atoms. The van der Waals surface area contributed by atoms with Crippen LogP contribution < -0.4 is 0 Å². The normalized spacial score (nSPS) is 27.9. The van der Waals surface area contributed by atoms with Gasteiger partial charge in [0.15, 0.2) is 0 Å². The van der Waals surface area contributed by atoms with E-state index in [2.05, 4.69) is 14.8 Å². The first kappa shape index (κ1) is 20.0. The van der Waals surface area contributed by atoms with Gasteiger partial charge in [-0.1, -0.05) is 19.3 Å². The Hall–Kier alpha value is -1.92. The Labute approximate surface area is 179 Å². The van der Waals surface area contributed by atoms with Crippen LogP contribution in [-0.2, 0) is 22.6 Å². The molecule has 0 aromatic carbocycles. The molecule has 0 radical (unpaired) electrons. The average Bonchev–Trinajstić information content (AvgIpc) is 3.52. The number of hydrogen-bond donors (Lipinski definition) is 0. The fourth-order valence-electron chi connectivity index (χ4n) is 6.10. The molecule has 2 atom stereocenters. The second kappa shape index (κ2) is 8.67. The van der Waals surface area contributed by atoms with Gasteiger partial charge in [-0.25, -0.2) is 0 Å². The Bertz CT molecular complexity index is 785. The summed E-state index contributed by atoms with van der Waals surface area (Å²) >= 11 is 0. The highest BCUT2D eigenvalue weighted by Gasteiger charge is 2.41. The number of piperidine rings is 1. The van der Waals surface area contributed by atoms with Crippen molar-refractivity contribution in [2.45, 2.75) is 95.6 Å². The van der Waals surface area contributed by atoms with Gasteiger partial charge in [-0.2, -0.15) is 0 Å². The van der Waals surface area contributed by atoms with Crippen molar-refractivity contribution >= 4 is 11.8 Å². The summed E-state index contributed by atoms with van der Waals surface area (Å²) in [5.74, 6) is 3.02. The van der Waals surface area contributed by atoms with Gasteiger partial charge in [-0.05, 0) is 51.4 Å². The number of nitrogens with zero attached hydrogens (tertiary/aromatic N) is 5. The van der Waals surface area contributed by atoms with Crippen LogP contribution in [0.5, 0.6) is 0 Å². The second-order valence-electron chi connectivity index (χ2n) is 9.73. The molecule has 164 valence electrons. The zero-order valence-corrected chi connectivity index (χ0v) is 18.1. The molecule has 0 spiro atoms. The lowest BCUT2D eigenvalue weighted by Crippen LogP contribution is -2.51. The number of likely N-dealkylation sites (tertiary alicyclic amines) is 2. The summed E-state index contributed by atoms with van der Waals surface area (Å²) in [6.45, 7) is 3.28. The predicted molar refractivity (Wildman–Crippen MR) is 113 cm³/mol. The lowest BCUT2D eigenvalue weighted by atomic mass is 9.96.